The fourth-order valence-corrected chi connectivity index (χ4v) is 0.854. The minimum Gasteiger partial charge on any atom is -0.416 e. The number of carbonyl (C=O) groups excluding carboxylic acids is 2. The third-order valence-electron chi connectivity index (χ3n) is 1.58. The third-order valence-corrected chi connectivity index (χ3v) is 1.58. The Kier molecular flexibility index (Phi) is 3.02. The van der Waals surface area contributed by atoms with E-state index in [0.717, 1.165) is 0 Å². The van der Waals surface area contributed by atoms with Crippen LogP contribution in [0.5, 0.6) is 0 Å². The molecule has 0 bridgehead atoms. The molecular weight excluding hydrogens is 174 g/mol. The summed E-state index contributed by atoms with van der Waals surface area (Å²) in [6.07, 6.45) is 0.836. The average Bonchev–Trinajstić information content (AvgIpc) is 2.11. The summed E-state index contributed by atoms with van der Waals surface area (Å²) in [5.41, 5.74) is 0. The lowest BCUT2D eigenvalue weighted by Gasteiger charge is -2.21. The predicted molar refractivity (Wildman–Crippen MR) is 44.0 cm³/mol. The lowest BCUT2D eigenvalue weighted by atomic mass is 10.2. The molecule has 1 aliphatic heterocycles. The second kappa shape index (κ2) is 4.04. The van der Waals surface area contributed by atoms with Crippen LogP contribution in [0.3, 0.4) is 0 Å². The summed E-state index contributed by atoms with van der Waals surface area (Å²) < 4.78 is 9.80. The molecule has 5 heteroatoms. The maximum Gasteiger partial charge on any atom is 0.409 e. The molecule has 0 spiro atoms. The first-order valence-corrected chi connectivity index (χ1v) is 3.89. The normalized spacial score (nSPS) is 27.1. The highest BCUT2D eigenvalue weighted by Crippen LogP contribution is 2.09. The number of ether oxygens (including phenoxy) is 2. The van der Waals surface area contributed by atoms with E-state index < -0.39 is 18.5 Å². The number of alkyl carbamates (subject to hydrolysis) is 1. The van der Waals surface area contributed by atoms with Gasteiger partial charge in [-0.05, 0) is 19.1 Å². The van der Waals surface area contributed by atoms with Crippen molar-refractivity contribution in [3.8, 4) is 0 Å². The number of hydrogen-bond acceptors (Lipinski definition) is 4. The van der Waals surface area contributed by atoms with Crippen LogP contribution >= 0.6 is 0 Å². The van der Waals surface area contributed by atoms with Crippen molar-refractivity contribution in [2.75, 3.05) is 7.05 Å². The van der Waals surface area contributed by atoms with Crippen LogP contribution in [0.1, 0.15) is 6.92 Å². The van der Waals surface area contributed by atoms with Gasteiger partial charge in [-0.25, -0.2) is 4.79 Å². The molecule has 0 radical (unpaired) electrons. The summed E-state index contributed by atoms with van der Waals surface area (Å²) in [4.78, 5) is 21.7. The SMILES string of the molecule is CNC(=O)O[C@H]1C=CC(=O)[C@H](C)O1. The molecule has 1 heterocycles. The van der Waals surface area contributed by atoms with Crippen molar-refractivity contribution in [1.82, 2.24) is 5.32 Å². The molecular formula is C8H11NO4. The Morgan fingerprint density at radius 2 is 2.38 bits per heavy atom. The van der Waals surface area contributed by atoms with Crippen LogP contribution in [-0.2, 0) is 14.3 Å². The number of ketones is 1. The van der Waals surface area contributed by atoms with Gasteiger partial charge in [-0.3, -0.25) is 4.79 Å². The zero-order valence-electron chi connectivity index (χ0n) is 7.44. The van der Waals surface area contributed by atoms with Crippen molar-refractivity contribution in [1.29, 1.82) is 0 Å². The molecule has 1 rings (SSSR count). The van der Waals surface area contributed by atoms with Crippen molar-refractivity contribution >= 4 is 11.9 Å². The first-order valence-electron chi connectivity index (χ1n) is 3.89. The second-order valence-corrected chi connectivity index (χ2v) is 2.56. The monoisotopic (exact) mass is 185 g/mol. The average molecular weight is 185 g/mol. The van der Waals surface area contributed by atoms with Gasteiger partial charge in [0.05, 0.1) is 0 Å². The van der Waals surface area contributed by atoms with E-state index in [1.807, 2.05) is 0 Å². The minimum atomic E-state index is -0.771. The van der Waals surface area contributed by atoms with Crippen molar-refractivity contribution < 1.29 is 19.1 Å². The molecule has 0 fully saturated rings. The molecule has 0 saturated heterocycles. The zero-order valence-corrected chi connectivity index (χ0v) is 7.44. The highest BCUT2D eigenvalue weighted by atomic mass is 16.7. The van der Waals surface area contributed by atoms with Crippen molar-refractivity contribution in [2.24, 2.45) is 0 Å². The smallest absolute Gasteiger partial charge is 0.409 e. The van der Waals surface area contributed by atoms with Gasteiger partial charge in [0.2, 0.25) is 6.29 Å². The predicted octanol–water partition coefficient (Wildman–Crippen LogP) is 0.212. The largest absolute Gasteiger partial charge is 0.416 e. The molecule has 1 N–H and O–H groups in total. The van der Waals surface area contributed by atoms with E-state index in [1.165, 1.54) is 19.2 Å². The van der Waals surface area contributed by atoms with Crippen LogP contribution in [0.15, 0.2) is 12.2 Å². The molecule has 5 nitrogen and oxygen atoms in total. The van der Waals surface area contributed by atoms with Gasteiger partial charge < -0.3 is 14.8 Å². The topological polar surface area (TPSA) is 64.6 Å². The van der Waals surface area contributed by atoms with Gasteiger partial charge in [-0.2, -0.15) is 0 Å². The van der Waals surface area contributed by atoms with Gasteiger partial charge in [0.15, 0.2) is 5.78 Å². The molecule has 0 unspecified atom stereocenters. The van der Waals surface area contributed by atoms with Gasteiger partial charge >= 0.3 is 6.09 Å². The van der Waals surface area contributed by atoms with Crippen LogP contribution in [0.2, 0.25) is 0 Å². The Labute approximate surface area is 75.7 Å². The number of rotatable bonds is 1. The summed E-state index contributed by atoms with van der Waals surface area (Å²) in [7, 11) is 1.45. The Morgan fingerprint density at radius 1 is 1.69 bits per heavy atom. The van der Waals surface area contributed by atoms with E-state index in [4.69, 9.17) is 9.47 Å². The molecule has 0 saturated carbocycles. The second-order valence-electron chi connectivity index (χ2n) is 2.56. The Morgan fingerprint density at radius 3 is 2.92 bits per heavy atom. The van der Waals surface area contributed by atoms with E-state index in [-0.39, 0.29) is 5.78 Å². The molecule has 1 amide bonds. The molecule has 0 aromatic heterocycles. The van der Waals surface area contributed by atoms with Crippen LogP contribution in [-0.4, -0.2) is 31.3 Å². The molecule has 13 heavy (non-hydrogen) atoms. The summed E-state index contributed by atoms with van der Waals surface area (Å²) in [6.45, 7) is 1.60. The first-order chi connectivity index (χ1) is 6.13. The fraction of sp³-hybridized carbons (Fsp3) is 0.500. The number of carbonyl (C=O) groups is 2. The van der Waals surface area contributed by atoms with E-state index >= 15 is 0 Å². The molecule has 0 aromatic carbocycles. The van der Waals surface area contributed by atoms with Crippen molar-refractivity contribution in [2.45, 2.75) is 19.3 Å². The summed E-state index contributed by atoms with van der Waals surface area (Å²) in [5.74, 6) is -0.128. The van der Waals surface area contributed by atoms with E-state index in [1.54, 1.807) is 6.92 Å². The number of amides is 1. The summed E-state index contributed by atoms with van der Waals surface area (Å²) in [6, 6.07) is 0. The number of nitrogens with one attached hydrogen (secondary N) is 1. The van der Waals surface area contributed by atoms with Crippen LogP contribution in [0.4, 0.5) is 4.79 Å². The minimum absolute atomic E-state index is 0.128. The van der Waals surface area contributed by atoms with E-state index in [2.05, 4.69) is 5.32 Å². The molecule has 0 aliphatic carbocycles. The quantitative estimate of drug-likeness (QED) is 0.634. The molecule has 1 aliphatic rings. The van der Waals surface area contributed by atoms with E-state index in [9.17, 15) is 9.59 Å². The summed E-state index contributed by atoms with van der Waals surface area (Å²) in [5, 5.41) is 2.28. The zero-order chi connectivity index (χ0) is 9.84. The van der Waals surface area contributed by atoms with Crippen LogP contribution in [0, 0.1) is 0 Å². The Hall–Kier alpha value is -1.36. The third kappa shape index (κ3) is 2.55. The lowest BCUT2D eigenvalue weighted by molar-refractivity contribution is -0.145. The molecule has 72 valence electrons. The maximum absolute atomic E-state index is 10.9. The molecule has 2 atom stereocenters. The van der Waals surface area contributed by atoms with E-state index in [0.29, 0.717) is 0 Å². The maximum atomic E-state index is 10.9. The van der Waals surface area contributed by atoms with Gasteiger partial charge in [-0.1, -0.05) is 0 Å². The van der Waals surface area contributed by atoms with Gasteiger partial charge in [0, 0.05) is 7.05 Å². The number of hydrogen-bond donors (Lipinski definition) is 1. The lowest BCUT2D eigenvalue weighted by Crippen LogP contribution is -2.34. The highest BCUT2D eigenvalue weighted by molar-refractivity contribution is 5.93. The van der Waals surface area contributed by atoms with Gasteiger partial charge in [0.25, 0.3) is 0 Å². The first kappa shape index (κ1) is 9.73. The standard InChI is InChI=1S/C8H11NO4/c1-5-6(10)3-4-7(12-5)13-8(11)9-2/h3-5,7H,1-2H3,(H,9,11)/t5-,7-/m0/s1. The van der Waals surface area contributed by atoms with Crippen LogP contribution < -0.4 is 5.32 Å². The van der Waals surface area contributed by atoms with Gasteiger partial charge in [0.1, 0.15) is 6.10 Å². The summed E-state index contributed by atoms with van der Waals surface area (Å²) >= 11 is 0. The fourth-order valence-electron chi connectivity index (χ4n) is 0.854. The Bertz CT molecular complexity index is 249. The Balaban J connectivity index is 2.50. The van der Waals surface area contributed by atoms with Gasteiger partial charge in [-0.15, -0.1) is 0 Å². The van der Waals surface area contributed by atoms with Crippen LogP contribution in [0.25, 0.3) is 0 Å². The highest BCUT2D eigenvalue weighted by Gasteiger charge is 2.23. The van der Waals surface area contributed by atoms with Crippen molar-refractivity contribution in [3.05, 3.63) is 12.2 Å². The van der Waals surface area contributed by atoms with Crippen molar-refractivity contribution in [3.63, 3.8) is 0 Å². The molecule has 0 aromatic rings.